The lowest BCUT2D eigenvalue weighted by atomic mass is 10.0. The fraction of sp³-hybridized carbons (Fsp3) is 0.154. The van der Waals surface area contributed by atoms with E-state index >= 15 is 0 Å². The van der Waals surface area contributed by atoms with Gasteiger partial charge in [-0.25, -0.2) is 4.79 Å². The first-order chi connectivity index (χ1) is 16.3. The molecule has 34 heavy (non-hydrogen) atoms. The highest BCUT2D eigenvalue weighted by molar-refractivity contribution is 5.94. The molecule has 0 fully saturated rings. The molecule has 0 aliphatic carbocycles. The molecule has 0 saturated carbocycles. The van der Waals surface area contributed by atoms with Crippen LogP contribution in [0.3, 0.4) is 0 Å². The Morgan fingerprint density at radius 3 is 2.76 bits per heavy atom. The van der Waals surface area contributed by atoms with Crippen LogP contribution in [0.1, 0.15) is 34.5 Å². The van der Waals surface area contributed by atoms with E-state index in [1.54, 1.807) is 41.2 Å². The van der Waals surface area contributed by atoms with E-state index in [0.29, 0.717) is 33.6 Å². The van der Waals surface area contributed by atoms with Gasteiger partial charge in [0.25, 0.3) is 0 Å². The minimum Gasteiger partial charge on any atom is -0.478 e. The van der Waals surface area contributed by atoms with Gasteiger partial charge in [0, 0.05) is 42.1 Å². The fourth-order valence-corrected chi connectivity index (χ4v) is 4.23. The van der Waals surface area contributed by atoms with Gasteiger partial charge in [0.1, 0.15) is 16.8 Å². The number of para-hydroxylation sites is 1. The molecule has 2 aromatic carbocycles. The zero-order valence-electron chi connectivity index (χ0n) is 18.9. The number of fused-ring (bicyclic) bond motifs is 2. The number of carbonyl (C=O) groups is 1. The van der Waals surface area contributed by atoms with Crippen LogP contribution in [0.2, 0.25) is 0 Å². The van der Waals surface area contributed by atoms with Crippen LogP contribution in [0.4, 0.5) is 5.69 Å². The molecular formula is C26H22N4O4. The molecule has 1 atom stereocenters. The topological polar surface area (TPSA) is 110 Å². The van der Waals surface area contributed by atoms with Gasteiger partial charge in [-0.15, -0.1) is 0 Å². The third-order valence-electron chi connectivity index (χ3n) is 5.77. The number of hydrogen-bond donors (Lipinski definition) is 2. The van der Waals surface area contributed by atoms with Crippen molar-refractivity contribution in [3.8, 4) is 11.5 Å². The molecule has 170 valence electrons. The molecule has 2 N–H and O–H groups in total. The normalized spacial score (nSPS) is 12.2. The SMILES string of the molecule is Cc1cc(C(C)Nc2ccccc2C(=O)O)c2oc(-c3nccc4cn(C)nc34)cc(=O)c2c1. The van der Waals surface area contributed by atoms with Crippen LogP contribution in [-0.2, 0) is 7.05 Å². The summed E-state index contributed by atoms with van der Waals surface area (Å²) in [5.74, 6) is -0.696. The second-order valence-electron chi connectivity index (χ2n) is 8.32. The van der Waals surface area contributed by atoms with E-state index in [1.807, 2.05) is 39.2 Å². The molecule has 0 bridgehead atoms. The second kappa shape index (κ2) is 8.15. The number of hydrogen-bond acceptors (Lipinski definition) is 6. The first-order valence-corrected chi connectivity index (χ1v) is 10.8. The van der Waals surface area contributed by atoms with Crippen LogP contribution in [0.15, 0.2) is 70.1 Å². The monoisotopic (exact) mass is 454 g/mol. The number of nitrogens with one attached hydrogen (secondary N) is 1. The predicted molar refractivity (Wildman–Crippen MR) is 130 cm³/mol. The summed E-state index contributed by atoms with van der Waals surface area (Å²) < 4.78 is 7.99. The summed E-state index contributed by atoms with van der Waals surface area (Å²) in [7, 11) is 1.82. The highest BCUT2D eigenvalue weighted by Gasteiger charge is 2.20. The van der Waals surface area contributed by atoms with Crippen LogP contribution in [0, 0.1) is 6.92 Å². The average molecular weight is 454 g/mol. The minimum absolute atomic E-state index is 0.166. The van der Waals surface area contributed by atoms with E-state index in [4.69, 9.17) is 4.42 Å². The molecule has 5 rings (SSSR count). The lowest BCUT2D eigenvalue weighted by molar-refractivity contribution is 0.0698. The molecule has 0 aliphatic rings. The van der Waals surface area contributed by atoms with Crippen LogP contribution in [0.5, 0.6) is 0 Å². The third kappa shape index (κ3) is 3.69. The molecule has 0 saturated heterocycles. The zero-order valence-corrected chi connectivity index (χ0v) is 18.9. The first-order valence-electron chi connectivity index (χ1n) is 10.8. The molecule has 1 unspecified atom stereocenters. The van der Waals surface area contributed by atoms with Crippen molar-refractivity contribution < 1.29 is 14.3 Å². The van der Waals surface area contributed by atoms with Gasteiger partial charge < -0.3 is 14.8 Å². The highest BCUT2D eigenvalue weighted by atomic mass is 16.4. The maximum absolute atomic E-state index is 13.1. The zero-order chi connectivity index (χ0) is 24.0. The van der Waals surface area contributed by atoms with Crippen LogP contribution >= 0.6 is 0 Å². The Kier molecular flexibility index (Phi) is 5.13. The minimum atomic E-state index is -1.02. The van der Waals surface area contributed by atoms with Crippen molar-refractivity contribution in [1.82, 2.24) is 14.8 Å². The molecule has 8 nitrogen and oxygen atoms in total. The van der Waals surface area contributed by atoms with Gasteiger partial charge in [0.05, 0.1) is 17.0 Å². The summed E-state index contributed by atoms with van der Waals surface area (Å²) in [6.45, 7) is 3.81. The number of aromatic carboxylic acids is 1. The molecular weight excluding hydrogens is 432 g/mol. The van der Waals surface area contributed by atoms with Crippen molar-refractivity contribution in [2.45, 2.75) is 19.9 Å². The van der Waals surface area contributed by atoms with Gasteiger partial charge in [0.15, 0.2) is 11.2 Å². The number of benzene rings is 2. The average Bonchev–Trinajstić information content (AvgIpc) is 3.19. The van der Waals surface area contributed by atoms with E-state index in [1.165, 1.54) is 6.07 Å². The van der Waals surface area contributed by atoms with E-state index in [0.717, 1.165) is 16.5 Å². The van der Waals surface area contributed by atoms with E-state index in [-0.39, 0.29) is 17.0 Å². The van der Waals surface area contributed by atoms with Gasteiger partial charge in [-0.05, 0) is 43.7 Å². The number of anilines is 1. The fourth-order valence-electron chi connectivity index (χ4n) is 4.23. The van der Waals surface area contributed by atoms with Gasteiger partial charge in [-0.3, -0.25) is 14.5 Å². The smallest absolute Gasteiger partial charge is 0.337 e. The summed E-state index contributed by atoms with van der Waals surface area (Å²) >= 11 is 0. The number of nitrogens with zero attached hydrogens (tertiary/aromatic N) is 3. The van der Waals surface area contributed by atoms with Gasteiger partial charge in [0.2, 0.25) is 0 Å². The Hall–Kier alpha value is -4.46. The van der Waals surface area contributed by atoms with E-state index in [9.17, 15) is 14.7 Å². The number of aromatic nitrogens is 3. The maximum atomic E-state index is 13.1. The quantitative estimate of drug-likeness (QED) is 0.388. The third-order valence-corrected chi connectivity index (χ3v) is 5.77. The number of carboxylic acid groups (broad SMARTS) is 1. The van der Waals surface area contributed by atoms with Crippen LogP contribution < -0.4 is 10.7 Å². The molecule has 0 amide bonds. The standard InChI is InChI=1S/C26H22N4O4/c1-14-10-18(15(2)28-20-7-5-4-6-17(20)26(32)33)25-19(11-14)21(31)12-22(34-25)24-23-16(8-9-27-24)13-30(3)29-23/h4-13,15,28H,1-3H3,(H,32,33). The number of carboxylic acids is 1. The van der Waals surface area contributed by atoms with E-state index in [2.05, 4.69) is 15.4 Å². The second-order valence-corrected chi connectivity index (χ2v) is 8.32. The maximum Gasteiger partial charge on any atom is 0.337 e. The molecule has 0 spiro atoms. The van der Waals surface area contributed by atoms with E-state index < -0.39 is 5.97 Å². The Balaban J connectivity index is 1.68. The van der Waals surface area contributed by atoms with Crippen LogP contribution in [-0.4, -0.2) is 25.8 Å². The van der Waals surface area contributed by atoms with Crippen molar-refractivity contribution in [1.29, 1.82) is 0 Å². The predicted octanol–water partition coefficient (Wildman–Crippen LogP) is 4.92. The van der Waals surface area contributed by atoms with Crippen molar-refractivity contribution >= 4 is 33.5 Å². The summed E-state index contributed by atoms with van der Waals surface area (Å²) in [5, 5.41) is 18.6. The molecule has 0 aliphatic heterocycles. The van der Waals surface area contributed by atoms with Crippen molar-refractivity contribution in [2.24, 2.45) is 7.05 Å². The Morgan fingerprint density at radius 1 is 1.18 bits per heavy atom. The Bertz CT molecular complexity index is 1630. The number of pyridine rings is 1. The Morgan fingerprint density at radius 2 is 1.97 bits per heavy atom. The first kappa shape index (κ1) is 21.4. The van der Waals surface area contributed by atoms with Crippen molar-refractivity contribution in [3.05, 3.63) is 87.8 Å². The highest BCUT2D eigenvalue weighted by Crippen LogP contribution is 2.32. The van der Waals surface area contributed by atoms with Crippen molar-refractivity contribution in [3.63, 3.8) is 0 Å². The largest absolute Gasteiger partial charge is 0.478 e. The summed E-state index contributed by atoms with van der Waals surface area (Å²) in [4.78, 5) is 29.2. The van der Waals surface area contributed by atoms with Gasteiger partial charge in [-0.2, -0.15) is 5.10 Å². The van der Waals surface area contributed by atoms with Gasteiger partial charge >= 0.3 is 5.97 Å². The molecule has 3 aromatic heterocycles. The molecule has 5 aromatic rings. The molecule has 8 heteroatoms. The lowest BCUT2D eigenvalue weighted by Crippen LogP contribution is -2.12. The summed E-state index contributed by atoms with van der Waals surface area (Å²) in [5.41, 5.74) is 3.65. The number of aryl methyl sites for hydroxylation is 2. The van der Waals surface area contributed by atoms with Crippen LogP contribution in [0.25, 0.3) is 33.3 Å². The molecule has 3 heterocycles. The molecule has 0 radical (unpaired) electrons. The number of rotatable bonds is 5. The lowest BCUT2D eigenvalue weighted by Gasteiger charge is -2.19. The van der Waals surface area contributed by atoms with Crippen molar-refractivity contribution in [2.75, 3.05) is 5.32 Å². The summed E-state index contributed by atoms with van der Waals surface area (Å²) in [6.07, 6.45) is 3.53. The summed E-state index contributed by atoms with van der Waals surface area (Å²) in [6, 6.07) is 13.4. The Labute approximate surface area is 194 Å². The van der Waals surface area contributed by atoms with Gasteiger partial charge in [-0.1, -0.05) is 18.2 Å².